The number of hydrogen-bond acceptors (Lipinski definition) is 6. The number of aryl methyl sites for hydroxylation is 1. The molecule has 1 atom stereocenters. The minimum absolute atomic E-state index is 0.0990. The van der Waals surface area contributed by atoms with Gasteiger partial charge < -0.3 is 14.8 Å². The zero-order valence-electron chi connectivity index (χ0n) is 16.8. The Labute approximate surface area is 163 Å². The SMILES string of the molecule is CCCOc1ccc([C@@H](C)Nc2nc3c(cnn3C)c(=O)[nH]2)cc1OCCC. The van der Waals surface area contributed by atoms with E-state index in [1.165, 1.54) is 6.20 Å². The fraction of sp³-hybridized carbons (Fsp3) is 0.450. The Hall–Kier alpha value is -3.03. The van der Waals surface area contributed by atoms with Gasteiger partial charge in [0.15, 0.2) is 17.1 Å². The lowest BCUT2D eigenvalue weighted by molar-refractivity contribution is 0.268. The molecule has 2 aromatic heterocycles. The Bertz CT molecular complexity index is 995. The van der Waals surface area contributed by atoms with Gasteiger partial charge in [0.25, 0.3) is 5.56 Å². The van der Waals surface area contributed by atoms with Crippen LogP contribution in [0.15, 0.2) is 29.2 Å². The van der Waals surface area contributed by atoms with E-state index in [-0.39, 0.29) is 11.6 Å². The maximum absolute atomic E-state index is 12.2. The fourth-order valence-electron chi connectivity index (χ4n) is 2.84. The second-order valence-electron chi connectivity index (χ2n) is 6.69. The van der Waals surface area contributed by atoms with Crippen LogP contribution in [0.25, 0.3) is 11.0 Å². The van der Waals surface area contributed by atoms with E-state index >= 15 is 0 Å². The Morgan fingerprint density at radius 3 is 2.61 bits per heavy atom. The predicted molar refractivity (Wildman–Crippen MR) is 109 cm³/mol. The van der Waals surface area contributed by atoms with Crippen molar-refractivity contribution in [3.63, 3.8) is 0 Å². The lowest BCUT2D eigenvalue weighted by atomic mass is 10.1. The molecule has 3 aromatic rings. The molecule has 2 N–H and O–H groups in total. The van der Waals surface area contributed by atoms with E-state index in [2.05, 4.69) is 34.2 Å². The lowest BCUT2D eigenvalue weighted by Crippen LogP contribution is -2.16. The molecule has 0 unspecified atom stereocenters. The molecule has 0 bridgehead atoms. The number of fused-ring (bicyclic) bond motifs is 1. The van der Waals surface area contributed by atoms with Crippen LogP contribution in [0.2, 0.25) is 0 Å². The molecule has 0 fully saturated rings. The largest absolute Gasteiger partial charge is 0.490 e. The first-order valence-corrected chi connectivity index (χ1v) is 9.61. The lowest BCUT2D eigenvalue weighted by Gasteiger charge is -2.18. The molecule has 3 rings (SSSR count). The van der Waals surface area contributed by atoms with Crippen molar-refractivity contribution in [3.8, 4) is 11.5 Å². The van der Waals surface area contributed by atoms with Gasteiger partial charge in [-0.2, -0.15) is 10.1 Å². The van der Waals surface area contributed by atoms with Crippen molar-refractivity contribution in [1.82, 2.24) is 19.7 Å². The van der Waals surface area contributed by atoms with Crippen LogP contribution in [0.3, 0.4) is 0 Å². The second kappa shape index (κ2) is 8.77. The van der Waals surface area contributed by atoms with Crippen LogP contribution < -0.4 is 20.3 Å². The van der Waals surface area contributed by atoms with Crippen LogP contribution in [0, 0.1) is 0 Å². The van der Waals surface area contributed by atoms with Crippen LogP contribution in [0.1, 0.15) is 45.2 Å². The summed E-state index contributed by atoms with van der Waals surface area (Å²) in [5, 5.41) is 7.80. The monoisotopic (exact) mass is 385 g/mol. The highest BCUT2D eigenvalue weighted by Crippen LogP contribution is 2.31. The summed E-state index contributed by atoms with van der Waals surface area (Å²) in [6.07, 6.45) is 3.37. The Morgan fingerprint density at radius 2 is 1.89 bits per heavy atom. The minimum Gasteiger partial charge on any atom is -0.490 e. The van der Waals surface area contributed by atoms with Crippen LogP contribution in [-0.2, 0) is 7.05 Å². The summed E-state index contributed by atoms with van der Waals surface area (Å²) in [5.74, 6) is 1.87. The van der Waals surface area contributed by atoms with Crippen LogP contribution in [0.5, 0.6) is 11.5 Å². The normalized spacial score (nSPS) is 12.1. The zero-order valence-corrected chi connectivity index (χ0v) is 16.8. The summed E-state index contributed by atoms with van der Waals surface area (Å²) >= 11 is 0. The summed E-state index contributed by atoms with van der Waals surface area (Å²) in [7, 11) is 1.76. The van der Waals surface area contributed by atoms with Gasteiger partial charge in [0.2, 0.25) is 5.95 Å². The van der Waals surface area contributed by atoms with Gasteiger partial charge in [-0.15, -0.1) is 0 Å². The first kappa shape index (κ1) is 19.7. The maximum atomic E-state index is 12.2. The van der Waals surface area contributed by atoms with Crippen molar-refractivity contribution in [2.75, 3.05) is 18.5 Å². The average Bonchev–Trinajstić information content (AvgIpc) is 3.06. The molecule has 2 heterocycles. The molecule has 150 valence electrons. The third-order valence-electron chi connectivity index (χ3n) is 4.35. The van der Waals surface area contributed by atoms with Crippen molar-refractivity contribution >= 4 is 17.0 Å². The molecule has 0 amide bonds. The van der Waals surface area contributed by atoms with Crippen molar-refractivity contribution < 1.29 is 9.47 Å². The third-order valence-corrected chi connectivity index (χ3v) is 4.35. The molecule has 0 aliphatic heterocycles. The smallest absolute Gasteiger partial charge is 0.263 e. The summed E-state index contributed by atoms with van der Waals surface area (Å²) in [6.45, 7) is 7.40. The standard InChI is InChI=1S/C20H27N5O3/c1-5-9-27-16-8-7-14(11-17(16)28-10-6-2)13(3)22-20-23-18-15(19(26)24-20)12-21-25(18)4/h7-8,11-13H,5-6,9-10H2,1-4H3,(H2,22,23,24,26)/t13-/m1/s1. The van der Waals surface area contributed by atoms with Gasteiger partial charge >= 0.3 is 0 Å². The summed E-state index contributed by atoms with van der Waals surface area (Å²) in [4.78, 5) is 19.5. The number of nitrogens with one attached hydrogen (secondary N) is 2. The van der Waals surface area contributed by atoms with Crippen molar-refractivity contribution in [2.45, 2.75) is 39.7 Å². The van der Waals surface area contributed by atoms with Crippen LogP contribution in [-0.4, -0.2) is 33.0 Å². The van der Waals surface area contributed by atoms with E-state index < -0.39 is 0 Å². The highest BCUT2D eigenvalue weighted by Gasteiger charge is 2.14. The number of nitrogens with zero attached hydrogens (tertiary/aromatic N) is 3. The van der Waals surface area contributed by atoms with E-state index in [9.17, 15) is 4.79 Å². The van der Waals surface area contributed by atoms with E-state index in [1.54, 1.807) is 11.7 Å². The zero-order chi connectivity index (χ0) is 20.1. The topological polar surface area (TPSA) is 94.1 Å². The van der Waals surface area contributed by atoms with Crippen molar-refractivity contribution in [1.29, 1.82) is 0 Å². The van der Waals surface area contributed by atoms with Gasteiger partial charge in [0, 0.05) is 7.05 Å². The molecule has 28 heavy (non-hydrogen) atoms. The van der Waals surface area contributed by atoms with Gasteiger partial charge in [0.1, 0.15) is 5.39 Å². The summed E-state index contributed by atoms with van der Waals surface area (Å²) < 4.78 is 13.2. The summed E-state index contributed by atoms with van der Waals surface area (Å²) in [5.41, 5.74) is 1.32. The number of aromatic amines is 1. The first-order chi connectivity index (χ1) is 13.5. The number of rotatable bonds is 9. The Morgan fingerprint density at radius 1 is 1.18 bits per heavy atom. The van der Waals surface area contributed by atoms with E-state index in [1.807, 2.05) is 25.1 Å². The number of H-pyrrole nitrogens is 1. The van der Waals surface area contributed by atoms with Crippen molar-refractivity contribution in [3.05, 3.63) is 40.3 Å². The Balaban J connectivity index is 1.84. The van der Waals surface area contributed by atoms with Crippen LogP contribution in [0.4, 0.5) is 5.95 Å². The van der Waals surface area contributed by atoms with Gasteiger partial charge in [0.05, 0.1) is 25.5 Å². The molecule has 0 aliphatic carbocycles. The molecule has 8 nitrogen and oxygen atoms in total. The van der Waals surface area contributed by atoms with E-state index in [0.29, 0.717) is 30.2 Å². The molecule has 0 radical (unpaired) electrons. The third kappa shape index (κ3) is 4.27. The van der Waals surface area contributed by atoms with Crippen LogP contribution >= 0.6 is 0 Å². The molecule has 1 aromatic carbocycles. The van der Waals surface area contributed by atoms with Gasteiger partial charge in [-0.25, -0.2) is 0 Å². The highest BCUT2D eigenvalue weighted by atomic mass is 16.5. The molecule has 0 saturated carbocycles. The van der Waals surface area contributed by atoms with E-state index in [0.717, 1.165) is 29.9 Å². The van der Waals surface area contributed by atoms with E-state index in [4.69, 9.17) is 9.47 Å². The number of hydrogen-bond donors (Lipinski definition) is 2. The molecular weight excluding hydrogens is 358 g/mol. The average molecular weight is 385 g/mol. The number of ether oxygens (including phenoxy) is 2. The number of aromatic nitrogens is 4. The molecule has 0 saturated heterocycles. The quantitative estimate of drug-likeness (QED) is 0.586. The maximum Gasteiger partial charge on any atom is 0.263 e. The minimum atomic E-state index is -0.219. The molecular formula is C20H27N5O3. The first-order valence-electron chi connectivity index (χ1n) is 9.61. The predicted octanol–water partition coefficient (Wildman–Crippen LogP) is 3.41. The number of anilines is 1. The summed E-state index contributed by atoms with van der Waals surface area (Å²) in [6, 6.07) is 5.79. The number of benzene rings is 1. The van der Waals surface area contributed by atoms with Gasteiger partial charge in [-0.1, -0.05) is 19.9 Å². The fourth-order valence-corrected chi connectivity index (χ4v) is 2.84. The van der Waals surface area contributed by atoms with Gasteiger partial charge in [-0.05, 0) is 37.5 Å². The molecule has 0 spiro atoms. The second-order valence-corrected chi connectivity index (χ2v) is 6.69. The molecule has 0 aliphatic rings. The van der Waals surface area contributed by atoms with Gasteiger partial charge in [-0.3, -0.25) is 14.5 Å². The molecule has 8 heteroatoms. The van der Waals surface area contributed by atoms with Crippen molar-refractivity contribution in [2.24, 2.45) is 7.05 Å². The Kier molecular flexibility index (Phi) is 6.18. The highest BCUT2D eigenvalue weighted by molar-refractivity contribution is 5.74.